The molecule has 1 atom stereocenters. The van der Waals surface area contributed by atoms with Gasteiger partial charge in [-0.25, -0.2) is 0 Å². The number of hydrogen-bond acceptors (Lipinski definition) is 1. The molecule has 0 fully saturated rings. The van der Waals surface area contributed by atoms with E-state index in [2.05, 4.69) is 12.2 Å². The number of amides is 1. The first-order valence-electron chi connectivity index (χ1n) is 7.00. The van der Waals surface area contributed by atoms with Crippen molar-refractivity contribution in [1.82, 2.24) is 0 Å². The minimum absolute atomic E-state index is 0.00169. The van der Waals surface area contributed by atoms with Crippen LogP contribution in [0.3, 0.4) is 0 Å². The summed E-state index contributed by atoms with van der Waals surface area (Å²) in [4.78, 5) is 12.0. The van der Waals surface area contributed by atoms with Crippen LogP contribution in [-0.4, -0.2) is 12.5 Å². The molecule has 0 heterocycles. The fourth-order valence-electron chi connectivity index (χ4n) is 2.12. The maximum Gasteiger partial charge on any atom is 0.279 e. The number of benzene rings is 2. The average Bonchev–Trinajstić information content (AvgIpc) is 2.47. The molecule has 0 saturated heterocycles. The maximum atomic E-state index is 12.0. The predicted molar refractivity (Wildman–Crippen MR) is 86.5 cm³/mol. The zero-order chi connectivity index (χ0) is 15.2. The molecular weight excluding hydrogens is 284 g/mol. The Balaban J connectivity index is 1.88. The van der Waals surface area contributed by atoms with E-state index in [1.165, 1.54) is 0 Å². The minimum Gasteiger partial charge on any atom is -0.333 e. The van der Waals surface area contributed by atoms with Crippen LogP contribution in [0, 0.1) is 6.92 Å². The van der Waals surface area contributed by atoms with Gasteiger partial charge in [-0.05, 0) is 37.6 Å². The fraction of sp³-hybridized carbons (Fsp3) is 0.235. The number of para-hydroxylation sites is 1. The van der Waals surface area contributed by atoms with Gasteiger partial charge in [0.2, 0.25) is 0 Å². The monoisotopic (exact) mass is 303 g/mol. The molecule has 110 valence electrons. The van der Waals surface area contributed by atoms with Crippen LogP contribution >= 0.6 is 11.6 Å². The van der Waals surface area contributed by atoms with Crippen LogP contribution in [0.1, 0.15) is 24.1 Å². The zero-order valence-electron chi connectivity index (χ0n) is 12.3. The highest BCUT2D eigenvalue weighted by molar-refractivity contribution is 6.30. The van der Waals surface area contributed by atoms with Crippen LogP contribution in [0.4, 0.5) is 5.69 Å². The van der Waals surface area contributed by atoms with Crippen molar-refractivity contribution in [2.75, 3.05) is 11.9 Å². The Morgan fingerprint density at radius 2 is 2.00 bits per heavy atom. The van der Waals surface area contributed by atoms with Crippen LogP contribution in [-0.2, 0) is 4.79 Å². The average molecular weight is 304 g/mol. The number of carbonyl (C=O) groups excluding carboxylic acids is 1. The SMILES string of the molecule is Cc1ccccc1NC(=O)C[NH2+][C@H](C)c1cccc(Cl)c1. The first-order valence-corrected chi connectivity index (χ1v) is 7.38. The molecule has 0 radical (unpaired) electrons. The third-order valence-corrected chi connectivity index (χ3v) is 3.69. The van der Waals surface area contributed by atoms with Gasteiger partial charge in [0.15, 0.2) is 6.54 Å². The Bertz CT molecular complexity index is 628. The third-order valence-electron chi connectivity index (χ3n) is 3.45. The topological polar surface area (TPSA) is 45.7 Å². The maximum absolute atomic E-state index is 12.0. The van der Waals surface area contributed by atoms with Gasteiger partial charge in [-0.1, -0.05) is 41.9 Å². The summed E-state index contributed by atoms with van der Waals surface area (Å²) in [6.45, 7) is 4.42. The lowest BCUT2D eigenvalue weighted by atomic mass is 10.1. The van der Waals surface area contributed by atoms with Gasteiger partial charge in [-0.2, -0.15) is 0 Å². The third kappa shape index (κ3) is 4.59. The molecule has 0 bridgehead atoms. The van der Waals surface area contributed by atoms with E-state index >= 15 is 0 Å². The van der Waals surface area contributed by atoms with Crippen molar-refractivity contribution in [2.45, 2.75) is 19.9 Å². The molecule has 2 aromatic rings. The summed E-state index contributed by atoms with van der Waals surface area (Å²) in [5.41, 5.74) is 3.05. The minimum atomic E-state index is -0.00169. The first-order chi connectivity index (χ1) is 10.1. The van der Waals surface area contributed by atoms with Crippen molar-refractivity contribution in [3.05, 3.63) is 64.7 Å². The highest BCUT2D eigenvalue weighted by Crippen LogP contribution is 2.15. The molecule has 3 nitrogen and oxygen atoms in total. The van der Waals surface area contributed by atoms with Crippen LogP contribution in [0.25, 0.3) is 0 Å². The second kappa shape index (κ2) is 7.25. The summed E-state index contributed by atoms with van der Waals surface area (Å²) in [5, 5.41) is 5.65. The van der Waals surface area contributed by atoms with Crippen LogP contribution < -0.4 is 10.6 Å². The van der Waals surface area contributed by atoms with Crippen molar-refractivity contribution in [3.8, 4) is 0 Å². The van der Waals surface area contributed by atoms with Gasteiger partial charge in [-0.3, -0.25) is 4.79 Å². The lowest BCUT2D eigenvalue weighted by Gasteiger charge is -2.12. The van der Waals surface area contributed by atoms with Crippen LogP contribution in [0.2, 0.25) is 5.02 Å². The molecule has 0 spiro atoms. The van der Waals surface area contributed by atoms with E-state index in [-0.39, 0.29) is 11.9 Å². The van der Waals surface area contributed by atoms with Gasteiger partial charge in [0.05, 0.1) is 0 Å². The van der Waals surface area contributed by atoms with Crippen LogP contribution in [0.5, 0.6) is 0 Å². The smallest absolute Gasteiger partial charge is 0.279 e. The largest absolute Gasteiger partial charge is 0.333 e. The quantitative estimate of drug-likeness (QED) is 0.876. The zero-order valence-corrected chi connectivity index (χ0v) is 13.0. The van der Waals surface area contributed by atoms with Crippen LogP contribution in [0.15, 0.2) is 48.5 Å². The highest BCUT2D eigenvalue weighted by atomic mass is 35.5. The number of carbonyl (C=O) groups is 1. The van der Waals surface area contributed by atoms with Gasteiger partial charge >= 0.3 is 0 Å². The van der Waals surface area contributed by atoms with E-state index in [1.54, 1.807) is 0 Å². The Labute approximate surface area is 130 Å². The summed E-state index contributed by atoms with van der Waals surface area (Å²) in [6, 6.07) is 15.7. The lowest BCUT2D eigenvalue weighted by molar-refractivity contribution is -0.682. The number of nitrogens with two attached hydrogens (primary N) is 1. The molecule has 0 aliphatic heterocycles. The Kier molecular flexibility index (Phi) is 5.37. The van der Waals surface area contributed by atoms with E-state index in [0.717, 1.165) is 21.8 Å². The van der Waals surface area contributed by atoms with E-state index < -0.39 is 0 Å². The second-order valence-electron chi connectivity index (χ2n) is 5.15. The number of aryl methyl sites for hydroxylation is 1. The summed E-state index contributed by atoms with van der Waals surface area (Å²) in [7, 11) is 0. The molecule has 1 amide bonds. The molecule has 0 aliphatic rings. The number of hydrogen-bond donors (Lipinski definition) is 2. The molecule has 0 aliphatic carbocycles. The molecule has 4 heteroatoms. The lowest BCUT2D eigenvalue weighted by Crippen LogP contribution is -2.86. The first kappa shape index (κ1) is 15.5. The number of nitrogens with one attached hydrogen (secondary N) is 1. The summed E-state index contributed by atoms with van der Waals surface area (Å²) in [6.07, 6.45) is 0. The van der Waals surface area contributed by atoms with Crippen molar-refractivity contribution in [1.29, 1.82) is 0 Å². The van der Waals surface area contributed by atoms with Gasteiger partial charge in [0, 0.05) is 16.3 Å². The molecule has 21 heavy (non-hydrogen) atoms. The summed E-state index contributed by atoms with van der Waals surface area (Å²) >= 11 is 5.98. The van der Waals surface area contributed by atoms with Crippen molar-refractivity contribution in [3.63, 3.8) is 0 Å². The molecule has 2 aromatic carbocycles. The van der Waals surface area contributed by atoms with Gasteiger partial charge < -0.3 is 10.6 Å². The highest BCUT2D eigenvalue weighted by Gasteiger charge is 2.12. The second-order valence-corrected chi connectivity index (χ2v) is 5.58. The van der Waals surface area contributed by atoms with E-state index in [4.69, 9.17) is 11.6 Å². The number of anilines is 1. The molecule has 2 rings (SSSR count). The fourth-order valence-corrected chi connectivity index (χ4v) is 2.32. The van der Waals surface area contributed by atoms with E-state index in [0.29, 0.717) is 6.54 Å². The van der Waals surface area contributed by atoms with E-state index in [1.807, 2.05) is 60.8 Å². The summed E-state index contributed by atoms with van der Waals surface area (Å²) < 4.78 is 0. The van der Waals surface area contributed by atoms with E-state index in [9.17, 15) is 4.79 Å². The van der Waals surface area contributed by atoms with Crippen molar-refractivity contribution in [2.24, 2.45) is 0 Å². The normalized spacial score (nSPS) is 12.0. The van der Waals surface area contributed by atoms with Gasteiger partial charge in [-0.15, -0.1) is 0 Å². The van der Waals surface area contributed by atoms with Crippen molar-refractivity contribution < 1.29 is 10.1 Å². The molecule has 0 aromatic heterocycles. The Morgan fingerprint density at radius 3 is 2.71 bits per heavy atom. The number of rotatable bonds is 5. The van der Waals surface area contributed by atoms with Crippen molar-refractivity contribution >= 4 is 23.2 Å². The Hall–Kier alpha value is -1.84. The summed E-state index contributed by atoms with van der Waals surface area (Å²) in [5.74, 6) is -0.00169. The molecular formula is C17H20ClN2O+. The number of quaternary nitrogens is 1. The van der Waals surface area contributed by atoms with Gasteiger partial charge in [0.25, 0.3) is 5.91 Å². The molecule has 0 saturated carbocycles. The van der Waals surface area contributed by atoms with Gasteiger partial charge in [0.1, 0.15) is 6.04 Å². The number of halogens is 1. The molecule has 3 N–H and O–H groups in total. The Morgan fingerprint density at radius 1 is 1.24 bits per heavy atom. The predicted octanol–water partition coefficient (Wildman–Crippen LogP) is 2.91. The molecule has 0 unspecified atom stereocenters. The standard InChI is InChI=1S/C17H19ClN2O/c1-12-6-3-4-9-16(12)20-17(21)11-19-13(2)14-7-5-8-15(18)10-14/h3-10,13,19H,11H2,1-2H3,(H,20,21)/p+1/t13-/m1/s1.